The largest absolute Gasteiger partial charge is 0.344 e. The van der Waals surface area contributed by atoms with Gasteiger partial charge in [-0.15, -0.1) is 0 Å². The molecular formula is C19H30N2O2. The Morgan fingerprint density at radius 2 is 1.48 bits per heavy atom. The van der Waals surface area contributed by atoms with Crippen LogP contribution in [0.1, 0.15) is 59.6 Å². The third-order valence-corrected chi connectivity index (χ3v) is 3.81. The minimum atomic E-state index is -0.549. The molecule has 0 spiro atoms. The van der Waals surface area contributed by atoms with Crippen LogP contribution < -0.4 is 5.32 Å². The summed E-state index contributed by atoms with van der Waals surface area (Å²) < 4.78 is 0. The standard InChI is InChI=1S/C19H30N2O2/c1-13(2)21(14(3)4)18(23)17(22)20-12-15-8-10-16(11-9-15)19(5,6)7/h8-11,13-14H,12H2,1-7H3,(H,20,22). The fraction of sp³-hybridized carbons (Fsp3) is 0.579. The molecule has 1 N–H and O–H groups in total. The number of benzene rings is 1. The quantitative estimate of drug-likeness (QED) is 0.866. The molecule has 0 saturated heterocycles. The van der Waals surface area contributed by atoms with Crippen LogP contribution in [0.5, 0.6) is 0 Å². The van der Waals surface area contributed by atoms with Crippen LogP contribution in [0, 0.1) is 0 Å². The lowest BCUT2D eigenvalue weighted by Gasteiger charge is -2.30. The highest BCUT2D eigenvalue weighted by Crippen LogP contribution is 2.22. The van der Waals surface area contributed by atoms with Crippen molar-refractivity contribution in [3.63, 3.8) is 0 Å². The summed E-state index contributed by atoms with van der Waals surface area (Å²) in [7, 11) is 0. The van der Waals surface area contributed by atoms with Crippen LogP contribution >= 0.6 is 0 Å². The number of rotatable bonds is 4. The Morgan fingerprint density at radius 1 is 1.00 bits per heavy atom. The highest BCUT2D eigenvalue weighted by molar-refractivity contribution is 6.35. The number of nitrogens with one attached hydrogen (secondary N) is 1. The predicted octanol–water partition coefficient (Wildman–Crippen LogP) is 3.25. The SMILES string of the molecule is CC(C)N(C(=O)C(=O)NCc1ccc(C(C)(C)C)cc1)C(C)C. The number of hydrogen-bond acceptors (Lipinski definition) is 2. The monoisotopic (exact) mass is 318 g/mol. The molecule has 4 heteroatoms. The van der Waals surface area contributed by atoms with E-state index in [-0.39, 0.29) is 17.5 Å². The maximum absolute atomic E-state index is 12.2. The summed E-state index contributed by atoms with van der Waals surface area (Å²) in [6.07, 6.45) is 0. The molecule has 0 aliphatic rings. The Balaban J connectivity index is 2.67. The van der Waals surface area contributed by atoms with Crippen LogP contribution in [0.25, 0.3) is 0 Å². The molecule has 0 radical (unpaired) electrons. The lowest BCUT2D eigenvalue weighted by Crippen LogP contribution is -2.49. The number of amides is 2. The summed E-state index contributed by atoms with van der Waals surface area (Å²) in [5.41, 5.74) is 2.33. The van der Waals surface area contributed by atoms with Crippen LogP contribution in [-0.4, -0.2) is 28.8 Å². The number of hydrogen-bond donors (Lipinski definition) is 1. The van der Waals surface area contributed by atoms with Crippen molar-refractivity contribution in [2.24, 2.45) is 0 Å². The van der Waals surface area contributed by atoms with Gasteiger partial charge in [0.25, 0.3) is 0 Å². The van der Waals surface area contributed by atoms with Crippen molar-refractivity contribution in [1.29, 1.82) is 0 Å². The Kier molecular flexibility index (Phi) is 6.37. The maximum Gasteiger partial charge on any atom is 0.312 e. The van der Waals surface area contributed by atoms with Gasteiger partial charge in [-0.2, -0.15) is 0 Å². The zero-order valence-corrected chi connectivity index (χ0v) is 15.4. The minimum absolute atomic E-state index is 0.000630. The third kappa shape index (κ3) is 5.38. The van der Waals surface area contributed by atoms with Gasteiger partial charge in [0.1, 0.15) is 0 Å². The molecule has 128 valence electrons. The van der Waals surface area contributed by atoms with Gasteiger partial charge in [0.15, 0.2) is 0 Å². The smallest absolute Gasteiger partial charge is 0.312 e. The van der Waals surface area contributed by atoms with E-state index in [1.807, 2.05) is 39.8 Å². The van der Waals surface area contributed by atoms with Crippen molar-refractivity contribution in [3.8, 4) is 0 Å². The van der Waals surface area contributed by atoms with Crippen LogP contribution in [0.4, 0.5) is 0 Å². The molecule has 0 aliphatic heterocycles. The number of carbonyl (C=O) groups is 2. The van der Waals surface area contributed by atoms with Crippen molar-refractivity contribution in [2.75, 3.05) is 0 Å². The van der Waals surface area contributed by atoms with E-state index in [9.17, 15) is 9.59 Å². The first kappa shape index (κ1) is 19.2. The van der Waals surface area contributed by atoms with Crippen molar-refractivity contribution in [2.45, 2.75) is 72.5 Å². The topological polar surface area (TPSA) is 49.4 Å². The molecular weight excluding hydrogens is 288 g/mol. The molecule has 0 bridgehead atoms. The Labute approximate surface area is 140 Å². The van der Waals surface area contributed by atoms with Gasteiger partial charge in [-0.3, -0.25) is 9.59 Å². The zero-order chi connectivity index (χ0) is 17.8. The van der Waals surface area contributed by atoms with E-state index in [0.717, 1.165) is 5.56 Å². The minimum Gasteiger partial charge on any atom is -0.344 e. The Bertz CT molecular complexity index is 531. The average Bonchev–Trinajstić information content (AvgIpc) is 2.43. The van der Waals surface area contributed by atoms with E-state index in [0.29, 0.717) is 6.54 Å². The molecule has 0 aliphatic carbocycles. The molecule has 23 heavy (non-hydrogen) atoms. The molecule has 1 aromatic carbocycles. The summed E-state index contributed by atoms with van der Waals surface area (Å²) in [5.74, 6) is -1.02. The second-order valence-corrected chi connectivity index (χ2v) is 7.53. The van der Waals surface area contributed by atoms with Gasteiger partial charge in [0.05, 0.1) is 0 Å². The zero-order valence-electron chi connectivity index (χ0n) is 15.4. The van der Waals surface area contributed by atoms with Gasteiger partial charge in [-0.25, -0.2) is 0 Å². The van der Waals surface area contributed by atoms with Gasteiger partial charge in [-0.05, 0) is 44.2 Å². The maximum atomic E-state index is 12.2. The van der Waals surface area contributed by atoms with Crippen LogP contribution in [0.3, 0.4) is 0 Å². The Morgan fingerprint density at radius 3 is 1.87 bits per heavy atom. The number of carbonyl (C=O) groups excluding carboxylic acids is 2. The van der Waals surface area contributed by atoms with E-state index >= 15 is 0 Å². The lowest BCUT2D eigenvalue weighted by atomic mass is 9.87. The van der Waals surface area contributed by atoms with E-state index in [2.05, 4.69) is 38.2 Å². The second-order valence-electron chi connectivity index (χ2n) is 7.53. The van der Waals surface area contributed by atoms with Crippen molar-refractivity contribution < 1.29 is 9.59 Å². The van der Waals surface area contributed by atoms with Gasteiger partial charge in [0, 0.05) is 18.6 Å². The van der Waals surface area contributed by atoms with Crippen molar-refractivity contribution >= 4 is 11.8 Å². The predicted molar refractivity (Wildman–Crippen MR) is 94.1 cm³/mol. The molecule has 0 aromatic heterocycles. The summed E-state index contributed by atoms with van der Waals surface area (Å²) in [5, 5.41) is 2.72. The van der Waals surface area contributed by atoms with Crippen LogP contribution in [0.15, 0.2) is 24.3 Å². The van der Waals surface area contributed by atoms with Gasteiger partial charge in [-0.1, -0.05) is 45.0 Å². The molecule has 0 fully saturated rings. The molecule has 0 atom stereocenters. The first-order chi connectivity index (χ1) is 10.5. The summed E-state index contributed by atoms with van der Waals surface area (Å²) in [4.78, 5) is 25.9. The fourth-order valence-electron chi connectivity index (χ4n) is 2.56. The van der Waals surface area contributed by atoms with E-state index in [4.69, 9.17) is 0 Å². The van der Waals surface area contributed by atoms with E-state index < -0.39 is 11.8 Å². The molecule has 4 nitrogen and oxygen atoms in total. The fourth-order valence-corrected chi connectivity index (χ4v) is 2.56. The normalized spacial score (nSPS) is 11.7. The molecule has 1 aromatic rings. The first-order valence-corrected chi connectivity index (χ1v) is 8.24. The molecule has 0 saturated carbocycles. The van der Waals surface area contributed by atoms with E-state index in [1.54, 1.807) is 4.90 Å². The summed E-state index contributed by atoms with van der Waals surface area (Å²) >= 11 is 0. The first-order valence-electron chi connectivity index (χ1n) is 8.24. The van der Waals surface area contributed by atoms with Crippen molar-refractivity contribution in [3.05, 3.63) is 35.4 Å². The summed E-state index contributed by atoms with van der Waals surface area (Å²) in [6.45, 7) is 14.5. The molecule has 0 heterocycles. The van der Waals surface area contributed by atoms with Crippen LogP contribution in [0.2, 0.25) is 0 Å². The second kappa shape index (κ2) is 7.62. The lowest BCUT2D eigenvalue weighted by molar-refractivity contribution is -0.148. The van der Waals surface area contributed by atoms with E-state index in [1.165, 1.54) is 5.56 Å². The average molecular weight is 318 g/mol. The summed E-state index contributed by atoms with van der Waals surface area (Å²) in [6, 6.07) is 8.12. The van der Waals surface area contributed by atoms with Crippen molar-refractivity contribution in [1.82, 2.24) is 10.2 Å². The number of nitrogens with zero attached hydrogens (tertiary/aromatic N) is 1. The highest BCUT2D eigenvalue weighted by Gasteiger charge is 2.26. The molecule has 1 rings (SSSR count). The van der Waals surface area contributed by atoms with Gasteiger partial charge < -0.3 is 10.2 Å². The van der Waals surface area contributed by atoms with Crippen LogP contribution in [-0.2, 0) is 21.5 Å². The van der Waals surface area contributed by atoms with Gasteiger partial charge in [0.2, 0.25) is 0 Å². The third-order valence-electron chi connectivity index (χ3n) is 3.81. The Hall–Kier alpha value is -1.84. The van der Waals surface area contributed by atoms with Gasteiger partial charge >= 0.3 is 11.8 Å². The molecule has 0 unspecified atom stereocenters. The molecule has 2 amide bonds. The highest BCUT2D eigenvalue weighted by atomic mass is 16.2.